The molecule has 2 N–H and O–H groups in total. The minimum Gasteiger partial charge on any atom is -0.480 e. The average molecular weight is 288 g/mol. The lowest BCUT2D eigenvalue weighted by Crippen LogP contribution is -2.42. The smallest absolute Gasteiger partial charge is 0.317 e. The Balaban J connectivity index is 2.36. The topological polar surface area (TPSA) is 107 Å². The summed E-state index contributed by atoms with van der Waals surface area (Å²) in [6.07, 6.45) is 1.66. The van der Waals surface area contributed by atoms with E-state index in [2.05, 4.69) is 4.74 Å². The van der Waals surface area contributed by atoms with Crippen LogP contribution in [0.3, 0.4) is 0 Å². The number of hydrogen-bond acceptors (Lipinski definition) is 6. The molecule has 1 heterocycles. The molecule has 0 bridgehead atoms. The van der Waals surface area contributed by atoms with Gasteiger partial charge in [0.2, 0.25) is 0 Å². The zero-order valence-electron chi connectivity index (χ0n) is 11.2. The maximum Gasteiger partial charge on any atom is 0.317 e. The number of rotatable bonds is 9. The quantitative estimate of drug-likeness (QED) is 0.536. The number of nitrogens with zero attached hydrogens (tertiary/aromatic N) is 2. The van der Waals surface area contributed by atoms with E-state index >= 15 is 0 Å². The fraction of sp³-hybridized carbons (Fsp3) is 0.750. The van der Waals surface area contributed by atoms with E-state index in [4.69, 9.17) is 10.2 Å². The van der Waals surface area contributed by atoms with Gasteiger partial charge in [0.15, 0.2) is 0 Å². The zero-order valence-corrected chi connectivity index (χ0v) is 11.2. The molecule has 0 spiro atoms. The summed E-state index contributed by atoms with van der Waals surface area (Å²) in [4.78, 5) is 34.9. The Kier molecular flexibility index (Phi) is 6.96. The van der Waals surface area contributed by atoms with Gasteiger partial charge in [-0.25, -0.2) is 0 Å². The van der Waals surface area contributed by atoms with Gasteiger partial charge in [0.25, 0.3) is 6.47 Å². The monoisotopic (exact) mass is 288 g/mol. The first-order valence-corrected chi connectivity index (χ1v) is 6.44. The second-order valence-electron chi connectivity index (χ2n) is 4.91. The lowest BCUT2D eigenvalue weighted by molar-refractivity contribution is -0.142. The van der Waals surface area contributed by atoms with E-state index in [9.17, 15) is 14.4 Å². The normalized spacial score (nSPS) is 17.1. The first-order valence-electron chi connectivity index (χ1n) is 6.44. The summed E-state index contributed by atoms with van der Waals surface area (Å²) in [5.74, 6) is -1.78. The van der Waals surface area contributed by atoms with Crippen molar-refractivity contribution in [1.29, 1.82) is 0 Å². The molecule has 0 atom stereocenters. The van der Waals surface area contributed by atoms with Crippen molar-refractivity contribution in [2.75, 3.05) is 39.5 Å². The molecule has 0 aromatic carbocycles. The van der Waals surface area contributed by atoms with Crippen molar-refractivity contribution in [3.63, 3.8) is 0 Å². The molecule has 1 fully saturated rings. The highest BCUT2D eigenvalue weighted by Crippen LogP contribution is 2.18. The van der Waals surface area contributed by atoms with E-state index in [-0.39, 0.29) is 25.7 Å². The number of carboxylic acid groups (broad SMARTS) is 2. The average Bonchev–Trinajstić information content (AvgIpc) is 2.36. The summed E-state index contributed by atoms with van der Waals surface area (Å²) in [5.41, 5.74) is 0. The predicted octanol–water partition coefficient (Wildman–Crippen LogP) is -0.700. The molecule has 0 unspecified atom stereocenters. The molecule has 1 rings (SSSR count). The number of aliphatic carboxylic acids is 2. The number of likely N-dealkylation sites (tertiary alicyclic amines) is 1. The van der Waals surface area contributed by atoms with E-state index in [0.717, 1.165) is 25.9 Å². The van der Waals surface area contributed by atoms with Crippen molar-refractivity contribution in [2.45, 2.75) is 12.8 Å². The van der Waals surface area contributed by atoms with Crippen molar-refractivity contribution in [3.05, 3.63) is 0 Å². The van der Waals surface area contributed by atoms with Gasteiger partial charge in [-0.3, -0.25) is 24.2 Å². The van der Waals surface area contributed by atoms with Crippen LogP contribution in [0.5, 0.6) is 0 Å². The largest absolute Gasteiger partial charge is 0.480 e. The van der Waals surface area contributed by atoms with E-state index in [0.29, 0.717) is 13.0 Å². The van der Waals surface area contributed by atoms with Crippen LogP contribution in [-0.4, -0.2) is 77.9 Å². The SMILES string of the molecule is O=COCN1CCC(CN(CC(=O)O)CC(=O)O)CC1. The molecule has 1 saturated heterocycles. The number of hydrogen-bond donors (Lipinski definition) is 2. The van der Waals surface area contributed by atoms with Crippen molar-refractivity contribution >= 4 is 18.4 Å². The van der Waals surface area contributed by atoms with Crippen molar-refractivity contribution in [1.82, 2.24) is 9.80 Å². The molecular formula is C12H20N2O6. The summed E-state index contributed by atoms with van der Waals surface area (Å²) in [7, 11) is 0. The van der Waals surface area contributed by atoms with Crippen LogP contribution in [0.4, 0.5) is 0 Å². The van der Waals surface area contributed by atoms with E-state index in [1.54, 1.807) is 0 Å². The summed E-state index contributed by atoms with van der Waals surface area (Å²) in [6, 6.07) is 0. The van der Waals surface area contributed by atoms with Crippen LogP contribution in [-0.2, 0) is 19.1 Å². The molecule has 0 aliphatic carbocycles. The van der Waals surface area contributed by atoms with Crippen LogP contribution < -0.4 is 0 Å². The third kappa shape index (κ3) is 6.48. The highest BCUT2D eigenvalue weighted by molar-refractivity contribution is 5.72. The Hall–Kier alpha value is -1.67. The fourth-order valence-corrected chi connectivity index (χ4v) is 2.37. The third-order valence-electron chi connectivity index (χ3n) is 3.27. The van der Waals surface area contributed by atoms with Crippen molar-refractivity contribution in [2.24, 2.45) is 5.92 Å². The number of piperidine rings is 1. The standard InChI is InChI=1S/C12H20N2O6/c15-9-20-8-13-3-1-10(2-4-13)5-14(6-11(16)17)7-12(18)19/h9-10H,1-8H2,(H,16,17)(H,18,19). The molecule has 0 amide bonds. The summed E-state index contributed by atoms with van der Waals surface area (Å²) >= 11 is 0. The van der Waals surface area contributed by atoms with E-state index in [1.807, 2.05) is 4.90 Å². The van der Waals surface area contributed by atoms with Crippen LogP contribution in [0.1, 0.15) is 12.8 Å². The molecule has 0 radical (unpaired) electrons. The molecule has 8 heteroatoms. The lowest BCUT2D eigenvalue weighted by Gasteiger charge is -2.33. The van der Waals surface area contributed by atoms with Gasteiger partial charge in [0.1, 0.15) is 6.73 Å². The summed E-state index contributed by atoms with van der Waals surface area (Å²) < 4.78 is 4.67. The fourth-order valence-electron chi connectivity index (χ4n) is 2.37. The summed E-state index contributed by atoms with van der Waals surface area (Å²) in [6.45, 7) is 2.12. The molecule has 1 aliphatic heterocycles. The first kappa shape index (κ1) is 16.4. The van der Waals surface area contributed by atoms with E-state index < -0.39 is 11.9 Å². The van der Waals surface area contributed by atoms with Crippen molar-refractivity contribution in [3.8, 4) is 0 Å². The highest BCUT2D eigenvalue weighted by Gasteiger charge is 2.23. The third-order valence-corrected chi connectivity index (χ3v) is 3.27. The second-order valence-corrected chi connectivity index (χ2v) is 4.91. The lowest BCUT2D eigenvalue weighted by atomic mass is 9.96. The maximum absolute atomic E-state index is 10.7. The maximum atomic E-state index is 10.7. The number of ether oxygens (including phenoxy) is 1. The Bertz CT molecular complexity index is 325. The Morgan fingerprint density at radius 1 is 1.20 bits per heavy atom. The number of carbonyl (C=O) groups excluding carboxylic acids is 1. The Morgan fingerprint density at radius 2 is 1.75 bits per heavy atom. The molecule has 20 heavy (non-hydrogen) atoms. The highest BCUT2D eigenvalue weighted by atomic mass is 16.5. The van der Waals surface area contributed by atoms with E-state index in [1.165, 1.54) is 4.90 Å². The van der Waals surface area contributed by atoms with Crippen molar-refractivity contribution < 1.29 is 29.3 Å². The molecule has 0 saturated carbocycles. The van der Waals surface area contributed by atoms with Crippen LogP contribution in [0.2, 0.25) is 0 Å². The van der Waals surface area contributed by atoms with Crippen LogP contribution in [0, 0.1) is 5.92 Å². The number of carboxylic acids is 2. The zero-order chi connectivity index (χ0) is 15.0. The molecule has 0 aromatic rings. The van der Waals surface area contributed by atoms with Gasteiger partial charge in [-0.1, -0.05) is 0 Å². The minimum absolute atomic E-state index is 0.263. The first-order chi connectivity index (χ1) is 9.51. The van der Waals surface area contributed by atoms with Gasteiger partial charge in [-0.15, -0.1) is 0 Å². The van der Waals surface area contributed by atoms with Crippen LogP contribution in [0.15, 0.2) is 0 Å². The molecule has 1 aliphatic rings. The van der Waals surface area contributed by atoms with Crippen LogP contribution >= 0.6 is 0 Å². The summed E-state index contributed by atoms with van der Waals surface area (Å²) in [5, 5.41) is 17.5. The predicted molar refractivity (Wildman–Crippen MR) is 68.0 cm³/mol. The second kappa shape index (κ2) is 8.49. The van der Waals surface area contributed by atoms with Gasteiger partial charge in [-0.2, -0.15) is 0 Å². The molecular weight excluding hydrogens is 268 g/mol. The molecule has 114 valence electrons. The van der Waals surface area contributed by atoms with Gasteiger partial charge >= 0.3 is 11.9 Å². The van der Waals surface area contributed by atoms with Gasteiger partial charge < -0.3 is 14.9 Å². The van der Waals surface area contributed by atoms with Gasteiger partial charge in [-0.05, 0) is 18.8 Å². The Labute approximate surface area is 116 Å². The van der Waals surface area contributed by atoms with Crippen LogP contribution in [0.25, 0.3) is 0 Å². The minimum atomic E-state index is -1.02. The molecule has 8 nitrogen and oxygen atoms in total. The Morgan fingerprint density at radius 3 is 2.20 bits per heavy atom. The molecule has 0 aromatic heterocycles. The number of carbonyl (C=O) groups is 3. The van der Waals surface area contributed by atoms with Gasteiger partial charge in [0.05, 0.1) is 13.1 Å². The van der Waals surface area contributed by atoms with Gasteiger partial charge in [0, 0.05) is 19.6 Å².